The SMILES string of the molecule is C[C@@H]1CCC=C[C@@H]2C[C@@]2(C(=O)NS(=O)(=O)C2CC2)NC(=O)[C@@H]2C[C@@H](Oc3nc4ccccc4c4ccccc34)CN2C(=O)[C@@H](N(C(=O)O)C(C)(C)C(F)(F)F)[C@H](C)C1. The molecule has 3 N–H and O–H groups in total. The fraction of sp³-hybridized carbons (Fsp3) is 0.537. The number of allylic oxidation sites excluding steroid dienone is 1. The molecule has 2 saturated carbocycles. The number of carboxylic acid groups (broad SMARTS) is 1. The van der Waals surface area contributed by atoms with E-state index in [4.69, 9.17) is 9.72 Å². The quantitative estimate of drug-likeness (QED) is 0.193. The van der Waals surface area contributed by atoms with Crippen LogP contribution in [0.2, 0.25) is 0 Å². The Morgan fingerprint density at radius 1 is 1.00 bits per heavy atom. The van der Waals surface area contributed by atoms with Crippen molar-refractivity contribution >= 4 is 55.5 Å². The number of alkyl halides is 3. The summed E-state index contributed by atoms with van der Waals surface area (Å²) >= 11 is 0. The third kappa shape index (κ3) is 7.69. The van der Waals surface area contributed by atoms with E-state index in [0.29, 0.717) is 50.4 Å². The predicted octanol–water partition coefficient (Wildman–Crippen LogP) is 5.92. The molecule has 17 heteroatoms. The number of sulfonamides is 1. The molecule has 58 heavy (non-hydrogen) atoms. The lowest BCUT2D eigenvalue weighted by Gasteiger charge is -2.45. The number of nitrogens with one attached hydrogen (secondary N) is 2. The summed E-state index contributed by atoms with van der Waals surface area (Å²) in [6, 6.07) is 11.4. The first-order chi connectivity index (χ1) is 27.2. The number of hydrogen-bond donors (Lipinski definition) is 3. The molecular weight excluding hydrogens is 780 g/mol. The zero-order valence-electron chi connectivity index (χ0n) is 32.7. The largest absolute Gasteiger partial charge is 0.472 e. The second kappa shape index (κ2) is 15.0. The number of nitrogens with zero attached hydrogens (tertiary/aromatic N) is 3. The Balaban J connectivity index is 1.31. The maximum absolute atomic E-state index is 15.0. The smallest absolute Gasteiger partial charge is 0.411 e. The van der Waals surface area contributed by atoms with Crippen LogP contribution in [0.5, 0.6) is 5.88 Å². The molecule has 4 amide bonds. The number of halogens is 3. The van der Waals surface area contributed by atoms with E-state index in [1.54, 1.807) is 24.3 Å². The Morgan fingerprint density at radius 3 is 2.31 bits per heavy atom. The van der Waals surface area contributed by atoms with Crippen LogP contribution in [-0.2, 0) is 24.4 Å². The molecule has 3 fully saturated rings. The molecule has 1 aromatic heterocycles. The summed E-state index contributed by atoms with van der Waals surface area (Å²) in [6.45, 7) is 4.46. The molecule has 1 saturated heterocycles. The van der Waals surface area contributed by atoms with Gasteiger partial charge in [0.2, 0.25) is 27.7 Å². The maximum atomic E-state index is 15.0. The number of benzene rings is 2. The number of fused-ring (bicyclic) bond motifs is 5. The van der Waals surface area contributed by atoms with Gasteiger partial charge in [-0.2, -0.15) is 13.2 Å². The van der Waals surface area contributed by atoms with Crippen LogP contribution in [0.3, 0.4) is 0 Å². The Hall–Kier alpha value is -4.93. The second-order valence-electron chi connectivity index (χ2n) is 16.9. The summed E-state index contributed by atoms with van der Waals surface area (Å²) in [6.07, 6.45) is -2.64. The predicted molar refractivity (Wildman–Crippen MR) is 208 cm³/mol. The van der Waals surface area contributed by atoms with Gasteiger partial charge >= 0.3 is 12.3 Å². The van der Waals surface area contributed by atoms with Crippen LogP contribution in [0.4, 0.5) is 18.0 Å². The zero-order chi connectivity index (χ0) is 41.9. The number of para-hydroxylation sites is 1. The standard InChI is InChI=1S/C41H48F3N5O8S/c1-23-11-5-6-12-25-21-40(25,37(52)47-58(55,56)27-17-18-27)46-34(50)32-20-26(57-35-30-15-8-7-13-28(30)29-14-9-10-16-31(29)45-35)22-48(32)36(51)33(24(2)19-23)49(38(53)54)39(3,4)41(42,43)44/h6-10,12-16,23-27,32-33H,5,11,17-22H2,1-4H3,(H,46,50)(H,47,52)(H,53,54)/t23-,24-,25-,26-,32+,33+,40-/m1/s1. The van der Waals surface area contributed by atoms with Crippen molar-refractivity contribution in [3.05, 3.63) is 60.7 Å². The first-order valence-electron chi connectivity index (χ1n) is 19.6. The minimum Gasteiger partial charge on any atom is -0.472 e. The van der Waals surface area contributed by atoms with Crippen molar-refractivity contribution in [1.82, 2.24) is 24.8 Å². The molecular formula is C41H48F3N5O8S. The lowest BCUT2D eigenvalue weighted by molar-refractivity contribution is -0.222. The van der Waals surface area contributed by atoms with E-state index in [-0.39, 0.29) is 42.5 Å². The maximum Gasteiger partial charge on any atom is 0.411 e. The average molecular weight is 828 g/mol. The Bertz CT molecular complexity index is 2280. The molecule has 3 aromatic rings. The lowest BCUT2D eigenvalue weighted by Crippen LogP contribution is -2.66. The summed E-state index contributed by atoms with van der Waals surface area (Å²) in [5.41, 5.74) is -4.11. The van der Waals surface area contributed by atoms with Gasteiger partial charge in [0.25, 0.3) is 5.91 Å². The summed E-state index contributed by atoms with van der Waals surface area (Å²) in [4.78, 5) is 62.3. The molecule has 0 bridgehead atoms. The number of amides is 4. The highest BCUT2D eigenvalue weighted by atomic mass is 32.2. The monoisotopic (exact) mass is 827 g/mol. The number of rotatable bonds is 7. The van der Waals surface area contributed by atoms with Crippen molar-refractivity contribution in [3.8, 4) is 5.88 Å². The summed E-state index contributed by atoms with van der Waals surface area (Å²) in [7, 11) is -4.02. The summed E-state index contributed by atoms with van der Waals surface area (Å²) in [5.74, 6) is -4.34. The molecule has 312 valence electrons. The van der Waals surface area contributed by atoms with Crippen LogP contribution in [0.1, 0.15) is 72.6 Å². The average Bonchev–Trinajstić information content (AvgIpc) is 4.08. The molecule has 3 heterocycles. The molecule has 7 atom stereocenters. The fourth-order valence-electron chi connectivity index (χ4n) is 8.61. The number of aromatic nitrogens is 1. The first kappa shape index (κ1) is 41.2. The summed E-state index contributed by atoms with van der Waals surface area (Å²) < 4.78 is 78.6. The van der Waals surface area contributed by atoms with Crippen LogP contribution in [-0.4, -0.2) is 99.4 Å². The molecule has 13 nitrogen and oxygen atoms in total. The van der Waals surface area contributed by atoms with Crippen molar-refractivity contribution < 1.29 is 50.6 Å². The van der Waals surface area contributed by atoms with Gasteiger partial charge < -0.3 is 20.1 Å². The molecule has 2 aliphatic carbocycles. The minimum atomic E-state index is -5.09. The third-order valence-electron chi connectivity index (χ3n) is 12.2. The van der Waals surface area contributed by atoms with Crippen molar-refractivity contribution in [3.63, 3.8) is 0 Å². The van der Waals surface area contributed by atoms with Gasteiger partial charge in [-0.3, -0.25) is 24.0 Å². The van der Waals surface area contributed by atoms with E-state index in [1.807, 2.05) is 43.3 Å². The molecule has 2 aromatic carbocycles. The van der Waals surface area contributed by atoms with Gasteiger partial charge in [-0.15, -0.1) is 0 Å². The van der Waals surface area contributed by atoms with E-state index in [9.17, 15) is 41.1 Å². The van der Waals surface area contributed by atoms with E-state index in [2.05, 4.69) is 10.0 Å². The highest BCUT2D eigenvalue weighted by Crippen LogP contribution is 2.47. The van der Waals surface area contributed by atoms with Gasteiger partial charge in [0.15, 0.2) is 0 Å². The highest BCUT2D eigenvalue weighted by Gasteiger charge is 2.63. The summed E-state index contributed by atoms with van der Waals surface area (Å²) in [5, 5.41) is 14.8. The van der Waals surface area contributed by atoms with E-state index in [0.717, 1.165) is 15.7 Å². The van der Waals surface area contributed by atoms with Gasteiger partial charge in [0, 0.05) is 23.1 Å². The number of ether oxygens (including phenoxy) is 1. The van der Waals surface area contributed by atoms with Crippen molar-refractivity contribution in [2.75, 3.05) is 6.54 Å². The van der Waals surface area contributed by atoms with E-state index < -0.39 is 86.4 Å². The van der Waals surface area contributed by atoms with E-state index in [1.165, 1.54) is 6.92 Å². The first-order valence-corrected chi connectivity index (χ1v) is 21.2. The molecule has 0 unspecified atom stereocenters. The van der Waals surface area contributed by atoms with Gasteiger partial charge in [0.05, 0.1) is 17.3 Å². The Labute approximate surface area is 334 Å². The van der Waals surface area contributed by atoms with Crippen molar-refractivity contribution in [2.24, 2.45) is 17.8 Å². The van der Waals surface area contributed by atoms with Gasteiger partial charge in [0.1, 0.15) is 29.3 Å². The Kier molecular flexibility index (Phi) is 10.7. The Morgan fingerprint density at radius 2 is 1.66 bits per heavy atom. The molecule has 0 radical (unpaired) electrons. The molecule has 2 aliphatic heterocycles. The third-order valence-corrected chi connectivity index (χ3v) is 14.0. The normalized spacial score (nSPS) is 28.5. The molecule has 4 aliphatic rings. The number of hydrogen-bond acceptors (Lipinski definition) is 8. The molecule has 0 spiro atoms. The number of carbonyl (C=O) groups is 4. The number of pyridine rings is 1. The van der Waals surface area contributed by atoms with Gasteiger partial charge in [-0.1, -0.05) is 62.4 Å². The number of carbonyl (C=O) groups excluding carboxylic acids is 3. The van der Waals surface area contributed by atoms with Crippen molar-refractivity contribution in [1.29, 1.82) is 0 Å². The van der Waals surface area contributed by atoms with Crippen LogP contribution >= 0.6 is 0 Å². The van der Waals surface area contributed by atoms with Gasteiger partial charge in [-0.25, -0.2) is 18.2 Å². The highest BCUT2D eigenvalue weighted by molar-refractivity contribution is 7.91. The molecule has 7 rings (SSSR count). The zero-order valence-corrected chi connectivity index (χ0v) is 33.5. The van der Waals surface area contributed by atoms with Crippen LogP contribution in [0.25, 0.3) is 21.7 Å². The van der Waals surface area contributed by atoms with Crippen LogP contribution in [0, 0.1) is 17.8 Å². The van der Waals surface area contributed by atoms with Gasteiger partial charge in [-0.05, 0) is 81.7 Å². The topological polar surface area (TPSA) is 175 Å². The van der Waals surface area contributed by atoms with Crippen molar-refractivity contribution in [2.45, 2.75) is 113 Å². The lowest BCUT2D eigenvalue weighted by atomic mass is 9.85. The second-order valence-corrected chi connectivity index (χ2v) is 18.8. The minimum absolute atomic E-state index is 0.0661. The fourth-order valence-corrected chi connectivity index (χ4v) is 9.97. The van der Waals surface area contributed by atoms with Crippen LogP contribution in [0.15, 0.2) is 60.7 Å². The van der Waals surface area contributed by atoms with Crippen LogP contribution < -0.4 is 14.8 Å². The van der Waals surface area contributed by atoms with E-state index >= 15 is 4.79 Å².